The number of carbonyl (C=O) groups is 2. The van der Waals surface area contributed by atoms with Crippen LogP contribution in [0.5, 0.6) is 0 Å². The lowest BCUT2D eigenvalue weighted by Crippen LogP contribution is -2.22. The molecule has 4 heteroatoms. The van der Waals surface area contributed by atoms with E-state index in [4.69, 9.17) is 0 Å². The zero-order chi connectivity index (χ0) is 13.5. The number of amides is 2. The first-order valence-corrected chi connectivity index (χ1v) is 6.60. The molecule has 1 aliphatic heterocycles. The van der Waals surface area contributed by atoms with Gasteiger partial charge in [-0.05, 0) is 31.4 Å². The molecule has 0 radical (unpaired) electrons. The third kappa shape index (κ3) is 4.25. The fourth-order valence-electron chi connectivity index (χ4n) is 2.04. The summed E-state index contributed by atoms with van der Waals surface area (Å²) in [6.07, 6.45) is 5.12. The molecule has 0 saturated carbocycles. The van der Waals surface area contributed by atoms with E-state index in [1.807, 2.05) is 30.3 Å². The van der Waals surface area contributed by atoms with Crippen LogP contribution in [0.2, 0.25) is 0 Å². The molecule has 1 heterocycles. The van der Waals surface area contributed by atoms with Crippen molar-refractivity contribution in [3.05, 3.63) is 42.0 Å². The van der Waals surface area contributed by atoms with Crippen LogP contribution in [-0.2, 0) is 9.59 Å². The number of hydrogen-bond donors (Lipinski definition) is 2. The number of imide groups is 1. The Morgan fingerprint density at radius 3 is 2.47 bits per heavy atom. The van der Waals surface area contributed by atoms with Gasteiger partial charge < -0.3 is 5.32 Å². The van der Waals surface area contributed by atoms with Crippen LogP contribution in [0.3, 0.4) is 0 Å². The molecule has 100 valence electrons. The molecule has 0 aromatic heterocycles. The SMILES string of the molecule is O=C1C=C(CCCCCNc2ccccc2)C(=O)N1. The van der Waals surface area contributed by atoms with Crippen molar-refractivity contribution < 1.29 is 9.59 Å². The number of hydrogen-bond acceptors (Lipinski definition) is 3. The second-order valence-electron chi connectivity index (χ2n) is 4.59. The van der Waals surface area contributed by atoms with E-state index in [0.717, 1.165) is 31.5 Å². The van der Waals surface area contributed by atoms with Gasteiger partial charge in [0.2, 0.25) is 0 Å². The van der Waals surface area contributed by atoms with Gasteiger partial charge in [-0.3, -0.25) is 14.9 Å². The molecule has 4 nitrogen and oxygen atoms in total. The summed E-state index contributed by atoms with van der Waals surface area (Å²) < 4.78 is 0. The van der Waals surface area contributed by atoms with Crippen molar-refractivity contribution in [3.63, 3.8) is 0 Å². The maximum Gasteiger partial charge on any atom is 0.254 e. The molecule has 2 N–H and O–H groups in total. The average molecular weight is 258 g/mol. The molecular formula is C15H18N2O2. The highest BCUT2D eigenvalue weighted by molar-refractivity contribution is 6.16. The van der Waals surface area contributed by atoms with Crippen LogP contribution in [-0.4, -0.2) is 18.4 Å². The van der Waals surface area contributed by atoms with Gasteiger partial charge in [0.1, 0.15) is 0 Å². The highest BCUT2D eigenvalue weighted by Gasteiger charge is 2.19. The van der Waals surface area contributed by atoms with Crippen molar-refractivity contribution in [1.29, 1.82) is 0 Å². The van der Waals surface area contributed by atoms with Crippen LogP contribution in [0, 0.1) is 0 Å². The summed E-state index contributed by atoms with van der Waals surface area (Å²) in [6, 6.07) is 10.1. The fraction of sp³-hybridized carbons (Fsp3) is 0.333. The molecule has 0 aliphatic carbocycles. The largest absolute Gasteiger partial charge is 0.385 e. The summed E-state index contributed by atoms with van der Waals surface area (Å²) in [4.78, 5) is 22.2. The molecule has 0 bridgehead atoms. The van der Waals surface area contributed by atoms with Gasteiger partial charge in [0.15, 0.2) is 0 Å². The Morgan fingerprint density at radius 2 is 1.79 bits per heavy atom. The topological polar surface area (TPSA) is 58.2 Å². The summed E-state index contributed by atoms with van der Waals surface area (Å²) in [5, 5.41) is 5.60. The predicted molar refractivity (Wildman–Crippen MR) is 74.6 cm³/mol. The molecule has 2 rings (SSSR count). The van der Waals surface area contributed by atoms with E-state index < -0.39 is 0 Å². The van der Waals surface area contributed by atoms with E-state index in [2.05, 4.69) is 10.6 Å². The van der Waals surface area contributed by atoms with Crippen LogP contribution < -0.4 is 10.6 Å². The van der Waals surface area contributed by atoms with Gasteiger partial charge in [-0.2, -0.15) is 0 Å². The number of benzene rings is 1. The molecular weight excluding hydrogens is 240 g/mol. The number of nitrogens with one attached hydrogen (secondary N) is 2. The zero-order valence-electron chi connectivity index (χ0n) is 10.8. The minimum absolute atomic E-state index is 0.229. The van der Waals surface area contributed by atoms with E-state index >= 15 is 0 Å². The third-order valence-electron chi connectivity index (χ3n) is 3.06. The smallest absolute Gasteiger partial charge is 0.254 e. The molecule has 0 unspecified atom stereocenters. The summed E-state index contributed by atoms with van der Waals surface area (Å²) in [5.74, 6) is -0.516. The van der Waals surface area contributed by atoms with Gasteiger partial charge in [-0.1, -0.05) is 24.6 Å². The van der Waals surface area contributed by atoms with E-state index in [9.17, 15) is 9.59 Å². The maximum atomic E-state index is 11.3. The summed E-state index contributed by atoms with van der Waals surface area (Å²) in [6.45, 7) is 0.925. The fourth-order valence-corrected chi connectivity index (χ4v) is 2.04. The zero-order valence-corrected chi connectivity index (χ0v) is 10.8. The molecule has 19 heavy (non-hydrogen) atoms. The molecule has 1 aliphatic rings. The summed E-state index contributed by atoms with van der Waals surface area (Å²) >= 11 is 0. The normalized spacial score (nSPS) is 14.2. The van der Waals surface area contributed by atoms with E-state index in [1.165, 1.54) is 6.08 Å². The lowest BCUT2D eigenvalue weighted by molar-refractivity contribution is -0.123. The van der Waals surface area contributed by atoms with Crippen LogP contribution in [0.1, 0.15) is 25.7 Å². The van der Waals surface area contributed by atoms with E-state index in [-0.39, 0.29) is 11.8 Å². The minimum atomic E-state index is -0.286. The molecule has 1 aromatic rings. The second kappa shape index (κ2) is 6.73. The van der Waals surface area contributed by atoms with Crippen molar-refractivity contribution >= 4 is 17.5 Å². The lowest BCUT2D eigenvalue weighted by Gasteiger charge is -2.05. The van der Waals surface area contributed by atoms with Gasteiger partial charge in [-0.15, -0.1) is 0 Å². The monoisotopic (exact) mass is 258 g/mol. The highest BCUT2D eigenvalue weighted by atomic mass is 16.2. The van der Waals surface area contributed by atoms with Crippen molar-refractivity contribution in [2.75, 3.05) is 11.9 Å². The van der Waals surface area contributed by atoms with Gasteiger partial charge in [0, 0.05) is 23.9 Å². The Balaban J connectivity index is 1.57. The van der Waals surface area contributed by atoms with Crippen molar-refractivity contribution in [1.82, 2.24) is 5.32 Å². The summed E-state index contributed by atoms with van der Waals surface area (Å²) in [7, 11) is 0. The van der Waals surface area contributed by atoms with E-state index in [0.29, 0.717) is 12.0 Å². The third-order valence-corrected chi connectivity index (χ3v) is 3.06. The Hall–Kier alpha value is -2.10. The molecule has 2 amide bonds. The van der Waals surface area contributed by atoms with Gasteiger partial charge in [0.25, 0.3) is 11.8 Å². The molecule has 1 aromatic carbocycles. The maximum absolute atomic E-state index is 11.3. The van der Waals surface area contributed by atoms with Crippen LogP contribution in [0.4, 0.5) is 5.69 Å². The molecule has 0 spiro atoms. The van der Waals surface area contributed by atoms with Crippen LogP contribution >= 0.6 is 0 Å². The number of rotatable bonds is 7. The van der Waals surface area contributed by atoms with E-state index in [1.54, 1.807) is 0 Å². The van der Waals surface area contributed by atoms with Gasteiger partial charge >= 0.3 is 0 Å². The first-order valence-electron chi connectivity index (χ1n) is 6.60. The average Bonchev–Trinajstić information content (AvgIpc) is 2.73. The van der Waals surface area contributed by atoms with Crippen molar-refractivity contribution in [3.8, 4) is 0 Å². The number of para-hydroxylation sites is 1. The Morgan fingerprint density at radius 1 is 1.00 bits per heavy atom. The van der Waals surface area contributed by atoms with Gasteiger partial charge in [-0.25, -0.2) is 0 Å². The predicted octanol–water partition coefficient (Wildman–Crippen LogP) is 2.24. The van der Waals surface area contributed by atoms with Crippen molar-refractivity contribution in [2.45, 2.75) is 25.7 Å². The quantitative estimate of drug-likeness (QED) is 0.582. The van der Waals surface area contributed by atoms with Crippen LogP contribution in [0.25, 0.3) is 0 Å². The number of carbonyl (C=O) groups excluding carboxylic acids is 2. The number of anilines is 1. The second-order valence-corrected chi connectivity index (χ2v) is 4.59. The first kappa shape index (κ1) is 13.3. The number of unbranched alkanes of at least 4 members (excludes halogenated alkanes) is 2. The van der Waals surface area contributed by atoms with Crippen molar-refractivity contribution in [2.24, 2.45) is 0 Å². The standard InChI is InChI=1S/C15H18N2O2/c18-14-11-12(15(19)17-14)7-3-2-6-10-16-13-8-4-1-5-9-13/h1,4-5,8-9,11,16H,2-3,6-7,10H2,(H,17,18,19). The molecule has 0 fully saturated rings. The molecule has 0 atom stereocenters. The first-order chi connectivity index (χ1) is 9.25. The van der Waals surface area contributed by atoms with Gasteiger partial charge in [0.05, 0.1) is 0 Å². The summed E-state index contributed by atoms with van der Waals surface area (Å²) in [5.41, 5.74) is 1.74. The minimum Gasteiger partial charge on any atom is -0.385 e. The Bertz CT molecular complexity index is 480. The van der Waals surface area contributed by atoms with Crippen LogP contribution in [0.15, 0.2) is 42.0 Å². The Kier molecular flexibility index (Phi) is 4.72. The Labute approximate surface area is 112 Å². The highest BCUT2D eigenvalue weighted by Crippen LogP contribution is 2.13. The molecule has 0 saturated heterocycles. The lowest BCUT2D eigenvalue weighted by atomic mass is 10.1.